The number of carbonyl (C=O) groups is 1. The first-order chi connectivity index (χ1) is 7.63. The molecule has 0 aliphatic heterocycles. The van der Waals surface area contributed by atoms with E-state index in [9.17, 15) is 4.79 Å². The van der Waals surface area contributed by atoms with Crippen LogP contribution in [-0.2, 0) is 11.2 Å². The molecular weight excluding hydrogens is 202 g/mol. The molecule has 0 saturated heterocycles. The Labute approximate surface area is 96.6 Å². The van der Waals surface area contributed by atoms with Gasteiger partial charge in [-0.3, -0.25) is 4.79 Å². The van der Waals surface area contributed by atoms with Crippen LogP contribution < -0.4 is 5.73 Å². The number of nitrogens with two attached hydrogens (primary N) is 1. The highest BCUT2D eigenvalue weighted by Gasteiger charge is 2.06. The van der Waals surface area contributed by atoms with E-state index in [2.05, 4.69) is 0 Å². The topological polar surface area (TPSA) is 52.3 Å². The quantitative estimate of drug-likeness (QED) is 0.745. The second kappa shape index (κ2) is 6.40. The Morgan fingerprint density at radius 3 is 2.44 bits per heavy atom. The minimum Gasteiger partial charge on any atom is -0.371 e. The van der Waals surface area contributed by atoms with E-state index < -0.39 is 0 Å². The lowest BCUT2D eigenvalue weighted by molar-refractivity contribution is 0.0585. The van der Waals surface area contributed by atoms with Crippen molar-refractivity contribution in [3.63, 3.8) is 0 Å². The molecule has 0 heterocycles. The van der Waals surface area contributed by atoms with Crippen molar-refractivity contribution in [2.45, 2.75) is 26.4 Å². The van der Waals surface area contributed by atoms with E-state index >= 15 is 0 Å². The van der Waals surface area contributed by atoms with Crippen LogP contribution in [0.3, 0.4) is 0 Å². The van der Waals surface area contributed by atoms with Crippen molar-refractivity contribution in [1.29, 1.82) is 0 Å². The summed E-state index contributed by atoms with van der Waals surface area (Å²) in [5, 5.41) is 0. The number of benzene rings is 1. The molecule has 88 valence electrons. The van der Waals surface area contributed by atoms with E-state index in [0.29, 0.717) is 12.1 Å². The molecule has 1 aromatic carbocycles. The lowest BCUT2D eigenvalue weighted by Crippen LogP contribution is -2.13. The third-order valence-corrected chi connectivity index (χ3v) is 2.26. The average molecular weight is 221 g/mol. The first-order valence-electron chi connectivity index (χ1n) is 5.57. The molecule has 0 bridgehead atoms. The fourth-order valence-electron chi connectivity index (χ4n) is 1.35. The van der Waals surface area contributed by atoms with E-state index in [1.165, 1.54) is 0 Å². The van der Waals surface area contributed by atoms with Gasteiger partial charge in [0, 0.05) is 5.56 Å². The molecule has 0 aromatic heterocycles. The van der Waals surface area contributed by atoms with Crippen molar-refractivity contribution in [2.75, 3.05) is 13.2 Å². The summed E-state index contributed by atoms with van der Waals surface area (Å²) in [4.78, 5) is 11.7. The first kappa shape index (κ1) is 12.9. The van der Waals surface area contributed by atoms with Crippen LogP contribution in [0.1, 0.15) is 29.8 Å². The highest BCUT2D eigenvalue weighted by molar-refractivity contribution is 5.97. The Balaban J connectivity index is 2.56. The van der Waals surface area contributed by atoms with E-state index in [1.54, 1.807) is 0 Å². The third kappa shape index (κ3) is 4.13. The van der Waals surface area contributed by atoms with Crippen molar-refractivity contribution < 1.29 is 9.53 Å². The Morgan fingerprint density at radius 1 is 1.31 bits per heavy atom. The van der Waals surface area contributed by atoms with E-state index in [-0.39, 0.29) is 18.5 Å². The van der Waals surface area contributed by atoms with Crippen molar-refractivity contribution in [3.05, 3.63) is 35.4 Å². The summed E-state index contributed by atoms with van der Waals surface area (Å²) in [5.41, 5.74) is 7.30. The SMILES string of the molecule is CC(C)OCC(=O)c1ccc(CCN)cc1. The smallest absolute Gasteiger partial charge is 0.188 e. The summed E-state index contributed by atoms with van der Waals surface area (Å²) in [6.07, 6.45) is 0.928. The van der Waals surface area contributed by atoms with Gasteiger partial charge in [-0.15, -0.1) is 0 Å². The molecule has 0 radical (unpaired) electrons. The summed E-state index contributed by atoms with van der Waals surface area (Å²) in [7, 11) is 0. The number of hydrogen-bond donors (Lipinski definition) is 1. The number of ether oxygens (including phenoxy) is 1. The number of Topliss-reactive ketones (excluding diaryl/α,β-unsaturated/α-hetero) is 1. The van der Waals surface area contributed by atoms with Crippen LogP contribution in [0, 0.1) is 0 Å². The van der Waals surface area contributed by atoms with E-state index in [4.69, 9.17) is 10.5 Å². The van der Waals surface area contributed by atoms with Gasteiger partial charge in [-0.1, -0.05) is 24.3 Å². The maximum atomic E-state index is 11.7. The van der Waals surface area contributed by atoms with Crippen molar-refractivity contribution in [2.24, 2.45) is 5.73 Å². The zero-order valence-corrected chi connectivity index (χ0v) is 9.90. The van der Waals surface area contributed by atoms with Crippen molar-refractivity contribution in [3.8, 4) is 0 Å². The van der Waals surface area contributed by atoms with Crippen LogP contribution in [0.5, 0.6) is 0 Å². The van der Waals surface area contributed by atoms with Crippen LogP contribution in [-0.4, -0.2) is 25.0 Å². The third-order valence-electron chi connectivity index (χ3n) is 2.26. The Kier molecular flexibility index (Phi) is 5.15. The summed E-state index contributed by atoms with van der Waals surface area (Å²) in [6, 6.07) is 7.54. The molecule has 0 fully saturated rings. The first-order valence-corrected chi connectivity index (χ1v) is 5.57. The molecule has 2 N–H and O–H groups in total. The van der Waals surface area contributed by atoms with Crippen LogP contribution in [0.25, 0.3) is 0 Å². The molecule has 0 unspecified atom stereocenters. The predicted molar refractivity (Wildman–Crippen MR) is 64.6 cm³/mol. The van der Waals surface area contributed by atoms with Gasteiger partial charge in [0.15, 0.2) is 5.78 Å². The van der Waals surface area contributed by atoms with Gasteiger partial charge < -0.3 is 10.5 Å². The highest BCUT2D eigenvalue weighted by Crippen LogP contribution is 2.06. The van der Waals surface area contributed by atoms with Gasteiger partial charge in [0.25, 0.3) is 0 Å². The minimum absolute atomic E-state index is 0.0213. The molecule has 1 rings (SSSR count). The largest absolute Gasteiger partial charge is 0.371 e. The summed E-state index contributed by atoms with van der Waals surface area (Å²) >= 11 is 0. The molecule has 1 aromatic rings. The molecular formula is C13H19NO2. The Morgan fingerprint density at radius 2 is 1.94 bits per heavy atom. The molecule has 0 spiro atoms. The maximum Gasteiger partial charge on any atom is 0.188 e. The normalized spacial score (nSPS) is 10.8. The minimum atomic E-state index is 0.0213. The van der Waals surface area contributed by atoms with E-state index in [1.807, 2.05) is 38.1 Å². The molecule has 0 aliphatic rings. The monoisotopic (exact) mass is 221 g/mol. The Hall–Kier alpha value is -1.19. The van der Waals surface area contributed by atoms with Crippen LogP contribution >= 0.6 is 0 Å². The highest BCUT2D eigenvalue weighted by atomic mass is 16.5. The zero-order valence-electron chi connectivity index (χ0n) is 9.90. The molecule has 16 heavy (non-hydrogen) atoms. The van der Waals surface area contributed by atoms with Crippen molar-refractivity contribution >= 4 is 5.78 Å². The fraction of sp³-hybridized carbons (Fsp3) is 0.462. The summed E-state index contributed by atoms with van der Waals surface area (Å²) in [5.74, 6) is 0.0213. The van der Waals surface area contributed by atoms with Crippen LogP contribution in [0.15, 0.2) is 24.3 Å². The predicted octanol–water partition coefficient (Wildman–Crippen LogP) is 1.80. The van der Waals surface area contributed by atoms with Crippen LogP contribution in [0.4, 0.5) is 0 Å². The molecule has 0 atom stereocenters. The fourth-order valence-corrected chi connectivity index (χ4v) is 1.35. The second-order valence-electron chi connectivity index (χ2n) is 4.02. The second-order valence-corrected chi connectivity index (χ2v) is 4.02. The summed E-state index contributed by atoms with van der Waals surface area (Å²) in [6.45, 7) is 4.60. The number of carbonyl (C=O) groups excluding carboxylic acids is 1. The lowest BCUT2D eigenvalue weighted by Gasteiger charge is -2.07. The number of ketones is 1. The van der Waals surface area contributed by atoms with Gasteiger partial charge >= 0.3 is 0 Å². The van der Waals surface area contributed by atoms with Crippen molar-refractivity contribution in [1.82, 2.24) is 0 Å². The van der Waals surface area contributed by atoms with Gasteiger partial charge in [0.1, 0.15) is 6.61 Å². The molecule has 3 nitrogen and oxygen atoms in total. The van der Waals surface area contributed by atoms with Gasteiger partial charge in [-0.2, -0.15) is 0 Å². The van der Waals surface area contributed by atoms with Gasteiger partial charge in [-0.05, 0) is 32.4 Å². The summed E-state index contributed by atoms with van der Waals surface area (Å²) < 4.78 is 5.27. The zero-order chi connectivity index (χ0) is 12.0. The lowest BCUT2D eigenvalue weighted by atomic mass is 10.1. The standard InChI is InChI=1S/C13H19NO2/c1-10(2)16-9-13(15)12-5-3-11(4-6-12)7-8-14/h3-6,10H,7-9,14H2,1-2H3. The number of hydrogen-bond acceptors (Lipinski definition) is 3. The van der Waals surface area contributed by atoms with Gasteiger partial charge in [0.2, 0.25) is 0 Å². The molecule has 0 saturated carbocycles. The van der Waals surface area contributed by atoms with Gasteiger partial charge in [-0.25, -0.2) is 0 Å². The number of rotatable bonds is 6. The molecule has 0 aliphatic carbocycles. The van der Waals surface area contributed by atoms with Gasteiger partial charge in [0.05, 0.1) is 6.10 Å². The maximum absolute atomic E-state index is 11.7. The average Bonchev–Trinajstić information content (AvgIpc) is 2.27. The Bertz CT molecular complexity index is 330. The molecule has 3 heteroatoms. The van der Waals surface area contributed by atoms with E-state index in [0.717, 1.165) is 12.0 Å². The molecule has 0 amide bonds. The van der Waals surface area contributed by atoms with Crippen LogP contribution in [0.2, 0.25) is 0 Å².